The first-order valence-electron chi connectivity index (χ1n) is 14.5. The number of benzene rings is 6. The van der Waals surface area contributed by atoms with E-state index in [1.807, 2.05) is 0 Å². The molecule has 1 unspecified atom stereocenters. The number of hydrogen-bond donors (Lipinski definition) is 0. The highest BCUT2D eigenvalue weighted by atomic mass is 14.5. The van der Waals surface area contributed by atoms with E-state index >= 15 is 0 Å². The molecule has 0 aliphatic heterocycles. The van der Waals surface area contributed by atoms with Gasteiger partial charge in [0.1, 0.15) is 0 Å². The van der Waals surface area contributed by atoms with Gasteiger partial charge in [0.05, 0.1) is 0 Å². The summed E-state index contributed by atoms with van der Waals surface area (Å²) in [7, 11) is 0. The zero-order chi connectivity index (χ0) is 27.2. The molecule has 6 aromatic rings. The topological polar surface area (TPSA) is 0 Å². The van der Waals surface area contributed by atoms with E-state index < -0.39 is 0 Å². The molecule has 0 saturated carbocycles. The summed E-state index contributed by atoms with van der Waals surface area (Å²) in [6, 6.07) is 58.3. The van der Waals surface area contributed by atoms with Crippen molar-refractivity contribution in [3.63, 3.8) is 0 Å². The van der Waals surface area contributed by atoms with Crippen LogP contribution in [0.15, 0.2) is 164 Å². The zero-order valence-electron chi connectivity index (χ0n) is 22.8. The molecule has 0 saturated heterocycles. The Morgan fingerprint density at radius 3 is 1.44 bits per heavy atom. The summed E-state index contributed by atoms with van der Waals surface area (Å²) in [5.41, 5.74) is 13.1. The summed E-state index contributed by atoms with van der Waals surface area (Å²) in [5, 5.41) is 0. The van der Waals surface area contributed by atoms with Crippen molar-refractivity contribution in [3.8, 4) is 22.3 Å². The Balaban J connectivity index is 1.48. The Bertz CT molecular complexity index is 1790. The van der Waals surface area contributed by atoms with Crippen molar-refractivity contribution in [2.24, 2.45) is 0 Å². The summed E-state index contributed by atoms with van der Waals surface area (Å²) >= 11 is 0. The van der Waals surface area contributed by atoms with E-state index in [9.17, 15) is 0 Å². The van der Waals surface area contributed by atoms with Gasteiger partial charge in [-0.15, -0.1) is 0 Å². The normalized spacial score (nSPS) is 15.4. The maximum absolute atomic E-state index is 2.49. The summed E-state index contributed by atoms with van der Waals surface area (Å²) in [4.78, 5) is 0. The minimum atomic E-state index is -0.373. The van der Waals surface area contributed by atoms with E-state index in [0.717, 1.165) is 0 Å². The predicted octanol–water partition coefficient (Wildman–Crippen LogP) is 10.3. The number of fused-ring (bicyclic) bond motifs is 4. The molecule has 8 rings (SSSR count). The third-order valence-electron chi connectivity index (χ3n) is 9.30. The van der Waals surface area contributed by atoms with Gasteiger partial charge in [0, 0.05) is 17.3 Å². The van der Waals surface area contributed by atoms with E-state index in [4.69, 9.17) is 0 Å². The molecule has 2 aliphatic carbocycles. The highest BCUT2D eigenvalue weighted by Crippen LogP contribution is 2.63. The molecule has 0 fully saturated rings. The van der Waals surface area contributed by atoms with Crippen LogP contribution in [-0.2, 0) is 5.41 Å². The molecule has 0 nitrogen and oxygen atoms in total. The van der Waals surface area contributed by atoms with Crippen molar-refractivity contribution in [1.82, 2.24) is 0 Å². The standard InChI is InChI=1S/C41H30/c1-4-15-29(16-5-1)32-25-14-26-36-35(32)27-28-39(36)41(30-17-6-2-7-18-30,31-19-8-3-9-20-31)40-37-23-12-10-21-33(37)34-22-11-13-24-38(34)40/h1-28,39-40H. The average molecular weight is 523 g/mol. The number of allylic oxidation sites excluding steroid dienone is 1. The molecule has 0 aromatic heterocycles. The van der Waals surface area contributed by atoms with Crippen molar-refractivity contribution < 1.29 is 0 Å². The molecule has 0 spiro atoms. The third kappa shape index (κ3) is 3.54. The van der Waals surface area contributed by atoms with E-state index in [2.05, 4.69) is 170 Å². The molecule has 6 aromatic carbocycles. The first-order chi connectivity index (χ1) is 20.4. The second-order valence-corrected chi connectivity index (χ2v) is 11.2. The molecule has 194 valence electrons. The fourth-order valence-electron chi connectivity index (χ4n) is 7.72. The van der Waals surface area contributed by atoms with Crippen LogP contribution in [0.3, 0.4) is 0 Å². The van der Waals surface area contributed by atoms with Crippen LogP contribution in [-0.4, -0.2) is 0 Å². The predicted molar refractivity (Wildman–Crippen MR) is 171 cm³/mol. The highest BCUT2D eigenvalue weighted by Gasteiger charge is 2.53. The Labute approximate surface area is 242 Å². The zero-order valence-corrected chi connectivity index (χ0v) is 22.8. The number of hydrogen-bond acceptors (Lipinski definition) is 0. The van der Waals surface area contributed by atoms with Gasteiger partial charge in [-0.2, -0.15) is 0 Å². The molecule has 0 heterocycles. The van der Waals surface area contributed by atoms with Gasteiger partial charge in [-0.05, 0) is 55.6 Å². The SMILES string of the molecule is C1=CC(C(c2ccccc2)(c2ccccc2)C2c3ccccc3-c3ccccc32)c2cccc(-c3ccccc3)c21. The van der Waals surface area contributed by atoms with Crippen LogP contribution < -0.4 is 0 Å². The summed E-state index contributed by atoms with van der Waals surface area (Å²) in [6.07, 6.45) is 4.87. The monoisotopic (exact) mass is 522 g/mol. The van der Waals surface area contributed by atoms with E-state index in [-0.39, 0.29) is 17.3 Å². The van der Waals surface area contributed by atoms with Gasteiger partial charge in [-0.1, -0.05) is 170 Å². The summed E-state index contributed by atoms with van der Waals surface area (Å²) in [5.74, 6) is 0.274. The van der Waals surface area contributed by atoms with Gasteiger partial charge in [0.15, 0.2) is 0 Å². The first-order valence-corrected chi connectivity index (χ1v) is 14.5. The molecule has 0 heteroatoms. The molecule has 0 radical (unpaired) electrons. The Kier molecular flexibility index (Phi) is 5.60. The fourth-order valence-corrected chi connectivity index (χ4v) is 7.72. The minimum absolute atomic E-state index is 0.134. The molecular formula is C41H30. The van der Waals surface area contributed by atoms with Gasteiger partial charge in [0.2, 0.25) is 0 Å². The second-order valence-electron chi connectivity index (χ2n) is 11.2. The summed E-state index contributed by atoms with van der Waals surface area (Å²) < 4.78 is 0. The lowest BCUT2D eigenvalue weighted by molar-refractivity contribution is 0.417. The van der Waals surface area contributed by atoms with Crippen LogP contribution in [0.5, 0.6) is 0 Å². The van der Waals surface area contributed by atoms with Gasteiger partial charge < -0.3 is 0 Å². The van der Waals surface area contributed by atoms with Crippen LogP contribution in [0.1, 0.15) is 45.2 Å². The molecule has 41 heavy (non-hydrogen) atoms. The van der Waals surface area contributed by atoms with Crippen molar-refractivity contribution in [2.75, 3.05) is 0 Å². The minimum Gasteiger partial charge on any atom is -0.0751 e. The smallest absolute Gasteiger partial charge is 0.0415 e. The van der Waals surface area contributed by atoms with Gasteiger partial charge >= 0.3 is 0 Å². The average Bonchev–Trinajstić information content (AvgIpc) is 3.64. The quantitative estimate of drug-likeness (QED) is 0.211. The van der Waals surface area contributed by atoms with Crippen molar-refractivity contribution in [1.29, 1.82) is 0 Å². The van der Waals surface area contributed by atoms with Crippen LogP contribution in [0, 0.1) is 0 Å². The number of rotatable bonds is 5. The fraction of sp³-hybridized carbons (Fsp3) is 0.0732. The molecule has 2 aliphatic rings. The maximum Gasteiger partial charge on any atom is 0.0415 e. The van der Waals surface area contributed by atoms with Crippen LogP contribution in [0.4, 0.5) is 0 Å². The molecule has 1 atom stereocenters. The van der Waals surface area contributed by atoms with Crippen LogP contribution in [0.25, 0.3) is 28.3 Å². The Hall–Kier alpha value is -4.94. The highest BCUT2D eigenvalue weighted by molar-refractivity contribution is 5.84. The lowest BCUT2D eigenvalue weighted by Gasteiger charge is -2.46. The van der Waals surface area contributed by atoms with E-state index in [0.29, 0.717) is 0 Å². The van der Waals surface area contributed by atoms with Crippen molar-refractivity contribution >= 4 is 6.08 Å². The Morgan fingerprint density at radius 2 is 0.854 bits per heavy atom. The van der Waals surface area contributed by atoms with Crippen molar-refractivity contribution in [2.45, 2.75) is 17.3 Å². The first kappa shape index (κ1) is 23.9. The lowest BCUT2D eigenvalue weighted by atomic mass is 9.55. The molecule has 0 amide bonds. The van der Waals surface area contributed by atoms with Crippen LogP contribution >= 0.6 is 0 Å². The molecular weight excluding hydrogens is 492 g/mol. The van der Waals surface area contributed by atoms with E-state index in [1.54, 1.807) is 0 Å². The molecule has 0 N–H and O–H groups in total. The second kappa shape index (κ2) is 9.61. The lowest BCUT2D eigenvalue weighted by Crippen LogP contribution is -2.40. The summed E-state index contributed by atoms with van der Waals surface area (Å²) in [6.45, 7) is 0. The molecule has 0 bridgehead atoms. The largest absolute Gasteiger partial charge is 0.0751 e. The van der Waals surface area contributed by atoms with Crippen molar-refractivity contribution in [3.05, 3.63) is 197 Å². The van der Waals surface area contributed by atoms with Gasteiger partial charge in [-0.3, -0.25) is 0 Å². The van der Waals surface area contributed by atoms with Crippen LogP contribution in [0.2, 0.25) is 0 Å². The third-order valence-corrected chi connectivity index (χ3v) is 9.30. The maximum atomic E-state index is 2.49. The van der Waals surface area contributed by atoms with E-state index in [1.165, 1.54) is 55.6 Å². The van der Waals surface area contributed by atoms with Gasteiger partial charge in [0.25, 0.3) is 0 Å². The Morgan fingerprint density at radius 1 is 0.390 bits per heavy atom. The van der Waals surface area contributed by atoms with Gasteiger partial charge in [-0.25, -0.2) is 0 Å².